The average Bonchev–Trinajstić information content (AvgIpc) is 2.68. The van der Waals surface area contributed by atoms with Gasteiger partial charge in [-0.15, -0.1) is 0 Å². The Bertz CT molecular complexity index is 743. The summed E-state index contributed by atoms with van der Waals surface area (Å²) in [4.78, 5) is 16.2. The van der Waals surface area contributed by atoms with E-state index in [0.717, 1.165) is 13.0 Å². The SMILES string of the molecule is CN=C(NCC(=O)NCCc1ccccc1)NCC(C)c1cccc(C)c1. The van der Waals surface area contributed by atoms with Crippen molar-refractivity contribution in [2.75, 3.05) is 26.7 Å². The van der Waals surface area contributed by atoms with Crippen molar-refractivity contribution in [2.45, 2.75) is 26.2 Å². The van der Waals surface area contributed by atoms with Crippen molar-refractivity contribution in [1.82, 2.24) is 16.0 Å². The highest BCUT2D eigenvalue weighted by Crippen LogP contribution is 2.15. The van der Waals surface area contributed by atoms with Crippen molar-refractivity contribution in [3.8, 4) is 0 Å². The van der Waals surface area contributed by atoms with Crippen molar-refractivity contribution in [1.29, 1.82) is 0 Å². The van der Waals surface area contributed by atoms with Gasteiger partial charge in [0.2, 0.25) is 5.91 Å². The van der Waals surface area contributed by atoms with Gasteiger partial charge in [0.1, 0.15) is 0 Å². The number of nitrogens with one attached hydrogen (secondary N) is 3. The average molecular weight is 367 g/mol. The molecule has 0 saturated carbocycles. The number of amides is 1. The molecule has 3 N–H and O–H groups in total. The van der Waals surface area contributed by atoms with Crippen LogP contribution >= 0.6 is 0 Å². The lowest BCUT2D eigenvalue weighted by atomic mass is 9.99. The molecule has 1 atom stereocenters. The normalized spacial score (nSPS) is 12.3. The molecule has 1 amide bonds. The van der Waals surface area contributed by atoms with Crippen LogP contribution in [-0.4, -0.2) is 38.5 Å². The van der Waals surface area contributed by atoms with Gasteiger partial charge in [-0.1, -0.05) is 67.1 Å². The first kappa shape index (κ1) is 20.5. The fourth-order valence-electron chi connectivity index (χ4n) is 2.78. The van der Waals surface area contributed by atoms with Crippen LogP contribution in [0.25, 0.3) is 0 Å². The van der Waals surface area contributed by atoms with Gasteiger partial charge in [0.15, 0.2) is 5.96 Å². The number of carbonyl (C=O) groups excluding carboxylic acids is 1. The van der Waals surface area contributed by atoms with Crippen LogP contribution < -0.4 is 16.0 Å². The van der Waals surface area contributed by atoms with Gasteiger partial charge in [0.25, 0.3) is 0 Å². The fourth-order valence-corrected chi connectivity index (χ4v) is 2.78. The van der Waals surface area contributed by atoms with E-state index in [9.17, 15) is 4.79 Å². The zero-order valence-corrected chi connectivity index (χ0v) is 16.5. The molecule has 0 spiro atoms. The zero-order chi connectivity index (χ0) is 19.5. The fraction of sp³-hybridized carbons (Fsp3) is 0.364. The van der Waals surface area contributed by atoms with Crippen LogP contribution in [0.2, 0.25) is 0 Å². The molecule has 0 saturated heterocycles. The van der Waals surface area contributed by atoms with E-state index in [1.807, 2.05) is 18.2 Å². The lowest BCUT2D eigenvalue weighted by Gasteiger charge is -2.16. The van der Waals surface area contributed by atoms with E-state index in [1.165, 1.54) is 16.7 Å². The summed E-state index contributed by atoms with van der Waals surface area (Å²) in [5.41, 5.74) is 3.76. The number of rotatable bonds is 8. The molecule has 144 valence electrons. The van der Waals surface area contributed by atoms with Gasteiger partial charge in [-0.3, -0.25) is 9.79 Å². The van der Waals surface area contributed by atoms with Crippen molar-refractivity contribution >= 4 is 11.9 Å². The van der Waals surface area contributed by atoms with Gasteiger partial charge in [-0.2, -0.15) is 0 Å². The molecule has 2 aromatic carbocycles. The standard InChI is InChI=1S/C22H30N4O/c1-17-8-7-11-20(14-17)18(2)15-25-22(23-3)26-16-21(27)24-13-12-19-9-5-4-6-10-19/h4-11,14,18H,12-13,15-16H2,1-3H3,(H,24,27)(H2,23,25,26). The quantitative estimate of drug-likeness (QED) is 0.497. The van der Waals surface area contributed by atoms with Gasteiger partial charge < -0.3 is 16.0 Å². The smallest absolute Gasteiger partial charge is 0.239 e. The second kappa shape index (κ2) is 11.0. The second-order valence-corrected chi connectivity index (χ2v) is 6.71. The largest absolute Gasteiger partial charge is 0.356 e. The molecule has 2 aromatic rings. The van der Waals surface area contributed by atoms with Gasteiger partial charge in [-0.25, -0.2) is 0 Å². The van der Waals surface area contributed by atoms with Crippen LogP contribution in [0.3, 0.4) is 0 Å². The third-order valence-electron chi connectivity index (χ3n) is 4.41. The molecule has 0 aliphatic rings. The van der Waals surface area contributed by atoms with Crippen molar-refractivity contribution in [3.63, 3.8) is 0 Å². The Morgan fingerprint density at radius 2 is 1.81 bits per heavy atom. The molecule has 5 nitrogen and oxygen atoms in total. The summed E-state index contributed by atoms with van der Waals surface area (Å²) in [6.45, 7) is 5.85. The second-order valence-electron chi connectivity index (χ2n) is 6.71. The first-order chi connectivity index (χ1) is 13.1. The number of aryl methyl sites for hydroxylation is 1. The topological polar surface area (TPSA) is 65.5 Å². The van der Waals surface area contributed by atoms with Crippen molar-refractivity contribution in [2.24, 2.45) is 4.99 Å². The molecule has 27 heavy (non-hydrogen) atoms. The summed E-state index contributed by atoms with van der Waals surface area (Å²) < 4.78 is 0. The molecule has 0 radical (unpaired) electrons. The van der Waals surface area contributed by atoms with Gasteiger partial charge >= 0.3 is 0 Å². The lowest BCUT2D eigenvalue weighted by molar-refractivity contribution is -0.119. The van der Waals surface area contributed by atoms with Crippen LogP contribution in [0, 0.1) is 6.92 Å². The maximum Gasteiger partial charge on any atom is 0.239 e. The first-order valence-electron chi connectivity index (χ1n) is 9.40. The van der Waals surface area contributed by atoms with E-state index in [2.05, 4.69) is 71.2 Å². The van der Waals surface area contributed by atoms with E-state index in [-0.39, 0.29) is 12.5 Å². The van der Waals surface area contributed by atoms with Crippen LogP contribution in [0.15, 0.2) is 59.6 Å². The highest BCUT2D eigenvalue weighted by Gasteiger charge is 2.08. The predicted octanol–water partition coefficient (Wildman–Crippen LogP) is 2.62. The summed E-state index contributed by atoms with van der Waals surface area (Å²) in [5, 5.41) is 9.27. The lowest BCUT2D eigenvalue weighted by Crippen LogP contribution is -2.44. The van der Waals surface area contributed by atoms with Crippen LogP contribution in [0.1, 0.15) is 29.5 Å². The zero-order valence-electron chi connectivity index (χ0n) is 16.5. The molecule has 0 aromatic heterocycles. The number of aliphatic imine (C=N–C) groups is 1. The number of hydrogen-bond acceptors (Lipinski definition) is 2. The summed E-state index contributed by atoms with van der Waals surface area (Å²) >= 11 is 0. The minimum absolute atomic E-state index is 0.0411. The summed E-state index contributed by atoms with van der Waals surface area (Å²) in [6.07, 6.45) is 0.827. The highest BCUT2D eigenvalue weighted by atomic mass is 16.1. The minimum Gasteiger partial charge on any atom is -0.356 e. The van der Waals surface area contributed by atoms with Gasteiger partial charge in [0, 0.05) is 20.1 Å². The van der Waals surface area contributed by atoms with E-state index in [4.69, 9.17) is 0 Å². The van der Waals surface area contributed by atoms with Gasteiger partial charge in [0.05, 0.1) is 6.54 Å². The van der Waals surface area contributed by atoms with E-state index in [1.54, 1.807) is 7.05 Å². The monoisotopic (exact) mass is 366 g/mol. The van der Waals surface area contributed by atoms with Crippen LogP contribution in [0.4, 0.5) is 0 Å². The molecule has 0 fully saturated rings. The molecular weight excluding hydrogens is 336 g/mol. The Morgan fingerprint density at radius 1 is 1.04 bits per heavy atom. The van der Waals surface area contributed by atoms with E-state index < -0.39 is 0 Å². The number of benzene rings is 2. The maximum atomic E-state index is 12.0. The van der Waals surface area contributed by atoms with Crippen LogP contribution in [-0.2, 0) is 11.2 Å². The number of carbonyl (C=O) groups is 1. The Hall–Kier alpha value is -2.82. The summed E-state index contributed by atoms with van der Waals surface area (Å²) in [5.74, 6) is 0.941. The predicted molar refractivity (Wildman–Crippen MR) is 112 cm³/mol. The minimum atomic E-state index is -0.0411. The molecule has 0 aliphatic heterocycles. The highest BCUT2D eigenvalue weighted by molar-refractivity contribution is 5.86. The van der Waals surface area contributed by atoms with Crippen molar-refractivity contribution < 1.29 is 4.79 Å². The van der Waals surface area contributed by atoms with E-state index >= 15 is 0 Å². The molecule has 1 unspecified atom stereocenters. The molecule has 0 heterocycles. The number of hydrogen-bond donors (Lipinski definition) is 3. The number of nitrogens with zero attached hydrogens (tertiary/aromatic N) is 1. The van der Waals surface area contributed by atoms with Crippen molar-refractivity contribution in [3.05, 3.63) is 71.3 Å². The number of guanidine groups is 1. The Labute approximate surface area is 162 Å². The van der Waals surface area contributed by atoms with Gasteiger partial charge in [-0.05, 0) is 30.4 Å². The molecule has 2 rings (SSSR count). The molecular formula is C22H30N4O. The van der Waals surface area contributed by atoms with E-state index in [0.29, 0.717) is 18.4 Å². The molecule has 5 heteroatoms. The Morgan fingerprint density at radius 3 is 2.52 bits per heavy atom. The Kier molecular flexibility index (Phi) is 8.36. The molecule has 0 aliphatic carbocycles. The van der Waals surface area contributed by atoms with Crippen LogP contribution in [0.5, 0.6) is 0 Å². The third kappa shape index (κ3) is 7.52. The third-order valence-corrected chi connectivity index (χ3v) is 4.41. The summed E-state index contributed by atoms with van der Waals surface area (Å²) in [6, 6.07) is 18.6. The Balaban J connectivity index is 1.68. The molecule has 0 bridgehead atoms. The maximum absolute atomic E-state index is 12.0. The summed E-state index contributed by atoms with van der Waals surface area (Å²) in [7, 11) is 1.71. The first-order valence-corrected chi connectivity index (χ1v) is 9.40.